The maximum atomic E-state index is 5.70. The molecule has 0 spiro atoms. The Kier molecular flexibility index (Phi) is 4.82. The molecule has 0 radical (unpaired) electrons. The van der Waals surface area contributed by atoms with Gasteiger partial charge in [-0.15, -0.1) is 0 Å². The number of anilines is 2. The van der Waals surface area contributed by atoms with Crippen LogP contribution in [0, 0.1) is 12.8 Å². The van der Waals surface area contributed by atoms with Crippen molar-refractivity contribution in [3.63, 3.8) is 0 Å². The first-order chi connectivity index (χ1) is 7.13. The van der Waals surface area contributed by atoms with Gasteiger partial charge in [-0.05, 0) is 48.6 Å². The molecule has 3 heteroatoms. The molecule has 84 valence electrons. The Balaban J connectivity index is 2.50. The molecular formula is C12H20N2S. The average Bonchev–Trinajstić information content (AvgIpc) is 2.17. The van der Waals surface area contributed by atoms with Crippen LogP contribution < -0.4 is 11.1 Å². The summed E-state index contributed by atoms with van der Waals surface area (Å²) in [5.41, 5.74) is 8.93. The molecular weight excluding hydrogens is 204 g/mol. The van der Waals surface area contributed by atoms with Crippen molar-refractivity contribution in [2.45, 2.75) is 13.8 Å². The molecule has 0 aliphatic rings. The third-order valence-electron chi connectivity index (χ3n) is 2.34. The van der Waals surface area contributed by atoms with Crippen LogP contribution in [0.1, 0.15) is 12.5 Å². The van der Waals surface area contributed by atoms with Crippen LogP contribution in [0.2, 0.25) is 0 Å². The predicted molar refractivity (Wildman–Crippen MR) is 71.6 cm³/mol. The first-order valence-electron chi connectivity index (χ1n) is 5.22. The van der Waals surface area contributed by atoms with E-state index in [0.29, 0.717) is 5.92 Å². The van der Waals surface area contributed by atoms with Crippen molar-refractivity contribution in [1.82, 2.24) is 0 Å². The lowest BCUT2D eigenvalue weighted by molar-refractivity contribution is 0.701. The molecule has 0 aliphatic carbocycles. The van der Waals surface area contributed by atoms with Crippen molar-refractivity contribution in [1.29, 1.82) is 0 Å². The fraction of sp³-hybridized carbons (Fsp3) is 0.500. The lowest BCUT2D eigenvalue weighted by Gasteiger charge is -2.14. The van der Waals surface area contributed by atoms with E-state index in [2.05, 4.69) is 31.5 Å². The van der Waals surface area contributed by atoms with Gasteiger partial charge >= 0.3 is 0 Å². The fourth-order valence-electron chi connectivity index (χ4n) is 1.51. The van der Waals surface area contributed by atoms with Gasteiger partial charge in [-0.2, -0.15) is 11.8 Å². The quantitative estimate of drug-likeness (QED) is 0.755. The number of thioether (sulfide) groups is 1. The summed E-state index contributed by atoms with van der Waals surface area (Å²) in [6.45, 7) is 5.36. The summed E-state index contributed by atoms with van der Waals surface area (Å²) in [7, 11) is 0. The molecule has 0 heterocycles. The molecule has 15 heavy (non-hydrogen) atoms. The minimum absolute atomic E-state index is 0.692. The maximum Gasteiger partial charge on any atom is 0.0371 e. The smallest absolute Gasteiger partial charge is 0.0371 e. The summed E-state index contributed by atoms with van der Waals surface area (Å²) in [5.74, 6) is 1.89. The van der Waals surface area contributed by atoms with E-state index in [-0.39, 0.29) is 0 Å². The second-order valence-corrected chi connectivity index (χ2v) is 4.93. The Morgan fingerprint density at radius 2 is 2.20 bits per heavy atom. The number of nitrogen functional groups attached to an aromatic ring is 1. The normalized spacial score (nSPS) is 12.5. The van der Waals surface area contributed by atoms with Crippen LogP contribution >= 0.6 is 11.8 Å². The zero-order valence-corrected chi connectivity index (χ0v) is 10.5. The highest BCUT2D eigenvalue weighted by molar-refractivity contribution is 7.98. The SMILES string of the molecule is CSCC(C)CNc1ccc(N)cc1C. The summed E-state index contributed by atoms with van der Waals surface area (Å²) in [4.78, 5) is 0. The highest BCUT2D eigenvalue weighted by Gasteiger charge is 2.02. The minimum Gasteiger partial charge on any atom is -0.399 e. The highest BCUT2D eigenvalue weighted by atomic mass is 32.2. The minimum atomic E-state index is 0.692. The first kappa shape index (κ1) is 12.2. The summed E-state index contributed by atoms with van der Waals surface area (Å²) in [6.07, 6.45) is 2.14. The summed E-state index contributed by atoms with van der Waals surface area (Å²) in [5, 5.41) is 3.46. The number of nitrogens with one attached hydrogen (secondary N) is 1. The largest absolute Gasteiger partial charge is 0.399 e. The molecule has 0 fully saturated rings. The van der Waals surface area contributed by atoms with Crippen LogP contribution in [0.3, 0.4) is 0 Å². The monoisotopic (exact) mass is 224 g/mol. The van der Waals surface area contributed by atoms with Crippen molar-refractivity contribution >= 4 is 23.1 Å². The van der Waals surface area contributed by atoms with Crippen molar-refractivity contribution in [2.24, 2.45) is 5.92 Å². The molecule has 0 aliphatic heterocycles. The van der Waals surface area contributed by atoms with Gasteiger partial charge in [0, 0.05) is 17.9 Å². The Morgan fingerprint density at radius 1 is 1.47 bits per heavy atom. The van der Waals surface area contributed by atoms with Crippen molar-refractivity contribution in [3.05, 3.63) is 23.8 Å². The molecule has 1 atom stereocenters. The maximum absolute atomic E-state index is 5.70. The van der Waals surface area contributed by atoms with E-state index in [9.17, 15) is 0 Å². The second kappa shape index (κ2) is 5.91. The molecule has 1 rings (SSSR count). The fourth-order valence-corrected chi connectivity index (χ4v) is 2.20. The van der Waals surface area contributed by atoms with Gasteiger partial charge in [-0.3, -0.25) is 0 Å². The first-order valence-corrected chi connectivity index (χ1v) is 6.61. The molecule has 0 bridgehead atoms. The Morgan fingerprint density at radius 3 is 2.80 bits per heavy atom. The van der Waals surface area contributed by atoms with E-state index in [4.69, 9.17) is 5.73 Å². The molecule has 2 nitrogen and oxygen atoms in total. The van der Waals surface area contributed by atoms with E-state index in [1.165, 1.54) is 17.0 Å². The molecule has 3 N–H and O–H groups in total. The number of rotatable bonds is 5. The molecule has 0 aromatic heterocycles. The van der Waals surface area contributed by atoms with Gasteiger partial charge in [0.15, 0.2) is 0 Å². The van der Waals surface area contributed by atoms with E-state index in [1.807, 2.05) is 23.9 Å². The Hall–Kier alpha value is -0.830. The third kappa shape index (κ3) is 4.04. The number of aryl methyl sites for hydroxylation is 1. The molecule has 0 saturated carbocycles. The van der Waals surface area contributed by atoms with Gasteiger partial charge in [0.05, 0.1) is 0 Å². The van der Waals surface area contributed by atoms with Gasteiger partial charge in [0.2, 0.25) is 0 Å². The molecule has 0 saturated heterocycles. The predicted octanol–water partition coefficient (Wildman–Crippen LogP) is 2.99. The summed E-state index contributed by atoms with van der Waals surface area (Å²) >= 11 is 1.89. The van der Waals surface area contributed by atoms with Crippen molar-refractivity contribution in [2.75, 3.05) is 29.6 Å². The lowest BCUT2D eigenvalue weighted by atomic mass is 10.1. The van der Waals surface area contributed by atoms with E-state index >= 15 is 0 Å². The number of hydrogen-bond acceptors (Lipinski definition) is 3. The average molecular weight is 224 g/mol. The van der Waals surface area contributed by atoms with E-state index in [1.54, 1.807) is 0 Å². The molecule has 1 aromatic rings. The Labute approximate surface area is 96.6 Å². The van der Waals surface area contributed by atoms with Crippen LogP contribution in [0.25, 0.3) is 0 Å². The van der Waals surface area contributed by atoms with Crippen molar-refractivity contribution < 1.29 is 0 Å². The second-order valence-electron chi connectivity index (χ2n) is 4.02. The van der Waals surface area contributed by atoms with Crippen LogP contribution in [0.15, 0.2) is 18.2 Å². The van der Waals surface area contributed by atoms with E-state index in [0.717, 1.165) is 12.2 Å². The van der Waals surface area contributed by atoms with Gasteiger partial charge < -0.3 is 11.1 Å². The van der Waals surface area contributed by atoms with Crippen LogP contribution in [-0.4, -0.2) is 18.6 Å². The van der Waals surface area contributed by atoms with E-state index < -0.39 is 0 Å². The highest BCUT2D eigenvalue weighted by Crippen LogP contribution is 2.18. The summed E-state index contributed by atoms with van der Waals surface area (Å²) in [6, 6.07) is 5.99. The van der Waals surface area contributed by atoms with Gasteiger partial charge in [0.1, 0.15) is 0 Å². The lowest BCUT2D eigenvalue weighted by Crippen LogP contribution is -2.13. The topological polar surface area (TPSA) is 38.0 Å². The van der Waals surface area contributed by atoms with Gasteiger partial charge in [-0.1, -0.05) is 6.92 Å². The molecule has 1 aromatic carbocycles. The molecule has 1 unspecified atom stereocenters. The number of hydrogen-bond donors (Lipinski definition) is 2. The van der Waals surface area contributed by atoms with Crippen LogP contribution in [0.4, 0.5) is 11.4 Å². The zero-order chi connectivity index (χ0) is 11.3. The zero-order valence-electron chi connectivity index (χ0n) is 9.71. The van der Waals surface area contributed by atoms with Crippen LogP contribution in [0.5, 0.6) is 0 Å². The van der Waals surface area contributed by atoms with Crippen molar-refractivity contribution in [3.8, 4) is 0 Å². The number of nitrogens with two attached hydrogens (primary N) is 1. The third-order valence-corrected chi connectivity index (χ3v) is 3.24. The van der Waals surface area contributed by atoms with Gasteiger partial charge in [-0.25, -0.2) is 0 Å². The van der Waals surface area contributed by atoms with Crippen LogP contribution in [-0.2, 0) is 0 Å². The summed E-state index contributed by atoms with van der Waals surface area (Å²) < 4.78 is 0. The van der Waals surface area contributed by atoms with Gasteiger partial charge in [0.25, 0.3) is 0 Å². The molecule has 0 amide bonds. The Bertz CT molecular complexity index is 312. The standard InChI is InChI=1S/C12H20N2S/c1-9(8-15-3)7-14-12-5-4-11(13)6-10(12)2/h4-6,9,14H,7-8,13H2,1-3H3. The number of benzene rings is 1.